The van der Waals surface area contributed by atoms with Gasteiger partial charge in [-0.3, -0.25) is 0 Å². The number of thioether (sulfide) groups is 1. The molecule has 0 atom stereocenters. The number of aryl methyl sites for hydroxylation is 1. The molecule has 0 spiro atoms. The third-order valence-electron chi connectivity index (χ3n) is 3.84. The second-order valence-corrected chi connectivity index (χ2v) is 6.77. The number of carboxylic acids is 1. The van der Waals surface area contributed by atoms with Crippen molar-refractivity contribution in [2.45, 2.75) is 23.7 Å². The van der Waals surface area contributed by atoms with Gasteiger partial charge >= 0.3 is 6.75 Å². The van der Waals surface area contributed by atoms with Crippen molar-refractivity contribution in [2.75, 3.05) is 13.1 Å². The van der Waals surface area contributed by atoms with E-state index in [2.05, 4.69) is 5.32 Å². The molecule has 6 nitrogen and oxygen atoms in total. The molecule has 8 heteroatoms. The van der Waals surface area contributed by atoms with Crippen LogP contribution in [0.1, 0.15) is 21.5 Å². The van der Waals surface area contributed by atoms with Crippen molar-refractivity contribution in [3.63, 3.8) is 0 Å². The van der Waals surface area contributed by atoms with Crippen LogP contribution in [0.3, 0.4) is 0 Å². The Morgan fingerprint density at radius 2 is 2.24 bits per heavy atom. The fraction of sp³-hybridized carbons (Fsp3) is 0.462. The summed E-state index contributed by atoms with van der Waals surface area (Å²) in [5.41, 5.74) is 1.22. The molecule has 0 bridgehead atoms. The van der Waals surface area contributed by atoms with Gasteiger partial charge in [0.05, 0.1) is 11.7 Å². The van der Waals surface area contributed by atoms with Gasteiger partial charge in [0.25, 0.3) is 0 Å². The summed E-state index contributed by atoms with van der Waals surface area (Å²) in [5, 5.41) is 34.4. The quantitative estimate of drug-likeness (QED) is 0.620. The normalized spacial score (nSPS) is 20.3. The van der Waals surface area contributed by atoms with E-state index < -0.39 is 12.7 Å². The largest absolute Gasteiger partial charge is 0.669 e. The molecule has 1 fully saturated rings. The molecule has 0 aromatic heterocycles. The minimum Gasteiger partial charge on any atom is -0.669 e. The Kier molecular flexibility index (Phi) is 3.87. The van der Waals surface area contributed by atoms with E-state index in [0.717, 1.165) is 13.1 Å². The zero-order chi connectivity index (χ0) is 15.0. The Morgan fingerprint density at radius 1 is 1.48 bits per heavy atom. The zero-order valence-electron chi connectivity index (χ0n) is 11.4. The van der Waals surface area contributed by atoms with Crippen LogP contribution in [0, 0.1) is 0 Å². The Balaban J connectivity index is 1.91. The lowest BCUT2D eigenvalue weighted by Gasteiger charge is -2.38. The molecule has 2 aliphatic rings. The lowest BCUT2D eigenvalue weighted by atomic mass is 9.70. The van der Waals surface area contributed by atoms with Crippen LogP contribution < -0.4 is 15.1 Å². The van der Waals surface area contributed by atoms with Crippen LogP contribution in [0.2, 0.25) is 6.32 Å². The van der Waals surface area contributed by atoms with Crippen molar-refractivity contribution >= 4 is 24.5 Å². The second-order valence-electron chi connectivity index (χ2n) is 5.48. The molecule has 1 saturated heterocycles. The standard InChI is InChI=1S/C13H17BNO5S/c16-13(17)11-9(7-21-10-5-15-6-10)2-1-8-3-4-14(18,19)20-12(8)11/h1-2,10,15,18-19H,3-7H2,(H,16,17)/q-1/p-1. The highest BCUT2D eigenvalue weighted by Crippen LogP contribution is 2.36. The summed E-state index contributed by atoms with van der Waals surface area (Å²) < 4.78 is 5.13. The van der Waals surface area contributed by atoms with Crippen molar-refractivity contribution in [1.82, 2.24) is 5.32 Å². The average molecular weight is 309 g/mol. The first-order valence-electron chi connectivity index (χ1n) is 6.94. The molecule has 0 unspecified atom stereocenters. The molecule has 0 radical (unpaired) electrons. The van der Waals surface area contributed by atoms with Crippen LogP contribution in [0.5, 0.6) is 5.75 Å². The van der Waals surface area contributed by atoms with Gasteiger partial charge in [-0.25, -0.2) is 0 Å². The third kappa shape index (κ3) is 3.03. The first-order valence-corrected chi connectivity index (χ1v) is 7.99. The number of rotatable bonds is 4. The van der Waals surface area contributed by atoms with Crippen molar-refractivity contribution < 1.29 is 24.6 Å². The average Bonchev–Trinajstić information content (AvgIpc) is 2.34. The SMILES string of the molecule is O=C([O-])c1c(CSC2CNC2)ccc2c1O[B-](O)(O)CC2. The highest BCUT2D eigenvalue weighted by atomic mass is 32.2. The summed E-state index contributed by atoms with van der Waals surface area (Å²) >= 11 is 1.67. The molecule has 21 heavy (non-hydrogen) atoms. The van der Waals surface area contributed by atoms with Crippen LogP contribution in [0.25, 0.3) is 0 Å². The molecule has 1 aromatic carbocycles. The predicted molar refractivity (Wildman–Crippen MR) is 78.1 cm³/mol. The van der Waals surface area contributed by atoms with Crippen LogP contribution in [-0.4, -0.2) is 41.1 Å². The molecular formula is C13H16BNO5S-2. The fourth-order valence-electron chi connectivity index (χ4n) is 2.52. The molecule has 0 aliphatic carbocycles. The number of carboxylic acid groups (broad SMARTS) is 1. The molecule has 0 saturated carbocycles. The van der Waals surface area contributed by atoms with Crippen LogP contribution >= 0.6 is 11.8 Å². The number of carbonyl (C=O) groups is 1. The predicted octanol–water partition coefficient (Wildman–Crippen LogP) is -0.887. The van der Waals surface area contributed by atoms with Crippen molar-refractivity contribution in [2.24, 2.45) is 0 Å². The van der Waals surface area contributed by atoms with E-state index in [0.29, 0.717) is 28.6 Å². The first-order chi connectivity index (χ1) is 9.96. The third-order valence-corrected chi connectivity index (χ3v) is 5.13. The lowest BCUT2D eigenvalue weighted by Crippen LogP contribution is -2.46. The number of carbonyl (C=O) groups excluding carboxylic acids is 1. The summed E-state index contributed by atoms with van der Waals surface area (Å²) in [6.07, 6.45) is 0.448. The molecule has 2 heterocycles. The maximum absolute atomic E-state index is 11.5. The van der Waals surface area contributed by atoms with E-state index in [4.69, 9.17) is 4.65 Å². The molecular weight excluding hydrogens is 293 g/mol. The highest BCUT2D eigenvalue weighted by Gasteiger charge is 2.31. The van der Waals surface area contributed by atoms with Gasteiger partial charge in [0, 0.05) is 29.7 Å². The number of hydrogen-bond donors (Lipinski definition) is 3. The van der Waals surface area contributed by atoms with Gasteiger partial charge in [-0.15, -0.1) is 0 Å². The molecule has 3 rings (SSSR count). The number of nitrogens with one attached hydrogen (secondary N) is 1. The zero-order valence-corrected chi connectivity index (χ0v) is 12.2. The smallest absolute Gasteiger partial charge is 0.430 e. The monoisotopic (exact) mass is 309 g/mol. The number of fused-ring (bicyclic) bond motifs is 1. The van der Waals surface area contributed by atoms with E-state index >= 15 is 0 Å². The Labute approximate surface area is 126 Å². The summed E-state index contributed by atoms with van der Waals surface area (Å²) in [6, 6.07) is 3.56. The van der Waals surface area contributed by atoms with Crippen molar-refractivity contribution in [3.8, 4) is 5.75 Å². The van der Waals surface area contributed by atoms with Crippen LogP contribution in [0.4, 0.5) is 0 Å². The van der Waals surface area contributed by atoms with Gasteiger partial charge in [0.1, 0.15) is 0 Å². The van der Waals surface area contributed by atoms with Gasteiger partial charge in [-0.2, -0.15) is 11.8 Å². The van der Waals surface area contributed by atoms with E-state index in [1.54, 1.807) is 23.9 Å². The Bertz CT molecular complexity index is 576. The number of benzene rings is 1. The van der Waals surface area contributed by atoms with Crippen molar-refractivity contribution in [1.29, 1.82) is 0 Å². The van der Waals surface area contributed by atoms with Gasteiger partial charge < -0.3 is 29.9 Å². The van der Waals surface area contributed by atoms with Crippen molar-refractivity contribution in [3.05, 3.63) is 28.8 Å². The molecule has 114 valence electrons. The molecule has 0 amide bonds. The van der Waals surface area contributed by atoms with Gasteiger partial charge in [-0.05, 0) is 17.5 Å². The first kappa shape index (κ1) is 14.7. The highest BCUT2D eigenvalue weighted by molar-refractivity contribution is 7.99. The number of hydrogen-bond acceptors (Lipinski definition) is 7. The van der Waals surface area contributed by atoms with E-state index in [1.807, 2.05) is 0 Å². The van der Waals surface area contributed by atoms with E-state index in [9.17, 15) is 19.9 Å². The summed E-state index contributed by atoms with van der Waals surface area (Å²) in [5.74, 6) is -0.762. The summed E-state index contributed by atoms with van der Waals surface area (Å²) in [7, 11) is 0. The molecule has 1 aromatic rings. The van der Waals surface area contributed by atoms with Crippen LogP contribution in [0.15, 0.2) is 12.1 Å². The lowest BCUT2D eigenvalue weighted by molar-refractivity contribution is -0.255. The topological polar surface area (TPSA) is 102 Å². The number of aromatic carboxylic acids is 1. The Hall–Kier alpha value is -1.22. The summed E-state index contributed by atoms with van der Waals surface area (Å²) in [4.78, 5) is 11.5. The fourth-order valence-corrected chi connectivity index (χ4v) is 3.65. The maximum atomic E-state index is 11.5. The summed E-state index contributed by atoms with van der Waals surface area (Å²) in [6.45, 7) is -1.14. The van der Waals surface area contributed by atoms with Gasteiger partial charge in [0.2, 0.25) is 0 Å². The molecule has 2 aliphatic heterocycles. The molecule has 3 N–H and O–H groups in total. The van der Waals surface area contributed by atoms with E-state index in [-0.39, 0.29) is 17.6 Å². The van der Waals surface area contributed by atoms with E-state index in [1.165, 1.54) is 0 Å². The maximum Gasteiger partial charge on any atom is 0.430 e. The minimum atomic E-state index is -2.98. The van der Waals surface area contributed by atoms with Gasteiger partial charge in [-0.1, -0.05) is 18.5 Å². The minimum absolute atomic E-state index is 0.0519. The Morgan fingerprint density at radius 3 is 2.86 bits per heavy atom. The van der Waals surface area contributed by atoms with Crippen LogP contribution in [-0.2, 0) is 12.2 Å². The second kappa shape index (κ2) is 5.53. The van der Waals surface area contributed by atoms with Gasteiger partial charge in [0.15, 0.2) is 0 Å².